The van der Waals surface area contributed by atoms with E-state index in [1.807, 2.05) is 0 Å². The van der Waals surface area contributed by atoms with Crippen molar-refractivity contribution in [2.75, 3.05) is 46.9 Å². The summed E-state index contributed by atoms with van der Waals surface area (Å²) in [6, 6.07) is 0. The van der Waals surface area contributed by atoms with Gasteiger partial charge < -0.3 is 15.0 Å². The quantitative estimate of drug-likeness (QED) is 0.532. The smallest absolute Gasteiger partial charge is 0.0590 e. The zero-order chi connectivity index (χ0) is 11.4. The molecule has 0 aliphatic carbocycles. The molecule has 0 amide bonds. The van der Waals surface area contributed by atoms with Crippen molar-refractivity contribution in [3.8, 4) is 0 Å². The zero-order valence-corrected chi connectivity index (χ0v) is 10.7. The maximum atomic E-state index is 5.49. The summed E-state index contributed by atoms with van der Waals surface area (Å²) in [5.41, 5.74) is 0. The van der Waals surface area contributed by atoms with Gasteiger partial charge in [-0.3, -0.25) is 0 Å². The highest BCUT2D eigenvalue weighted by atomic mass is 16.5. The molecule has 1 N–H and O–H groups in total. The minimum atomic E-state index is 0.853. The predicted octanol–water partition coefficient (Wildman–Crippen LogP) is 1.73. The molecule has 0 atom stereocenters. The second-order valence-corrected chi connectivity index (χ2v) is 4.23. The summed E-state index contributed by atoms with van der Waals surface area (Å²) in [5.74, 6) is 0. The molecule has 0 aliphatic rings. The molecule has 0 saturated heterocycles. The molecule has 0 saturated carbocycles. The van der Waals surface area contributed by atoms with Crippen LogP contribution in [-0.2, 0) is 4.74 Å². The van der Waals surface area contributed by atoms with Crippen molar-refractivity contribution in [3.63, 3.8) is 0 Å². The molecule has 0 spiro atoms. The molecule has 3 heteroatoms. The van der Waals surface area contributed by atoms with Crippen LogP contribution >= 0.6 is 0 Å². The van der Waals surface area contributed by atoms with E-state index in [9.17, 15) is 0 Å². The summed E-state index contributed by atoms with van der Waals surface area (Å²) in [4.78, 5) is 2.21. The second kappa shape index (κ2) is 12.0. The first kappa shape index (κ1) is 14.9. The van der Waals surface area contributed by atoms with E-state index >= 15 is 0 Å². The lowest BCUT2D eigenvalue weighted by molar-refractivity contribution is 0.132. The largest absolute Gasteiger partial charge is 0.380 e. The maximum absolute atomic E-state index is 5.49. The lowest BCUT2D eigenvalue weighted by atomic mass is 10.3. The summed E-state index contributed by atoms with van der Waals surface area (Å²) < 4.78 is 5.49. The monoisotopic (exact) mass is 216 g/mol. The van der Waals surface area contributed by atoms with Crippen molar-refractivity contribution in [3.05, 3.63) is 0 Å². The number of nitrogens with zero attached hydrogens (tertiary/aromatic N) is 1. The highest BCUT2D eigenvalue weighted by Crippen LogP contribution is 1.93. The minimum Gasteiger partial charge on any atom is -0.380 e. The van der Waals surface area contributed by atoms with Crippen LogP contribution in [0.5, 0.6) is 0 Å². The summed E-state index contributed by atoms with van der Waals surface area (Å²) in [7, 11) is 4.22. The van der Waals surface area contributed by atoms with Crippen LogP contribution in [0.25, 0.3) is 0 Å². The van der Waals surface area contributed by atoms with Crippen molar-refractivity contribution in [2.45, 2.75) is 32.6 Å². The maximum Gasteiger partial charge on any atom is 0.0590 e. The van der Waals surface area contributed by atoms with E-state index in [0.717, 1.165) is 32.8 Å². The minimum absolute atomic E-state index is 0.853. The van der Waals surface area contributed by atoms with Gasteiger partial charge in [-0.25, -0.2) is 0 Å². The first-order chi connectivity index (χ1) is 7.27. The fourth-order valence-electron chi connectivity index (χ4n) is 1.35. The molecule has 0 rings (SSSR count). The summed E-state index contributed by atoms with van der Waals surface area (Å²) in [6.07, 6.45) is 4.97. The SMILES string of the molecule is CCCCCOCCNCCCN(C)C. The number of ether oxygens (including phenoxy) is 1. The molecular weight excluding hydrogens is 188 g/mol. The van der Waals surface area contributed by atoms with Crippen LogP contribution in [0, 0.1) is 0 Å². The van der Waals surface area contributed by atoms with Gasteiger partial charge in [0.1, 0.15) is 0 Å². The molecule has 3 nitrogen and oxygen atoms in total. The fourth-order valence-corrected chi connectivity index (χ4v) is 1.35. The van der Waals surface area contributed by atoms with Gasteiger partial charge in [0.15, 0.2) is 0 Å². The van der Waals surface area contributed by atoms with Gasteiger partial charge in [0, 0.05) is 13.2 Å². The number of rotatable bonds is 11. The van der Waals surface area contributed by atoms with Crippen molar-refractivity contribution in [2.24, 2.45) is 0 Å². The van der Waals surface area contributed by atoms with Gasteiger partial charge in [-0.1, -0.05) is 19.8 Å². The van der Waals surface area contributed by atoms with E-state index in [0.29, 0.717) is 0 Å². The lowest BCUT2D eigenvalue weighted by Gasteiger charge is -2.09. The van der Waals surface area contributed by atoms with E-state index in [1.54, 1.807) is 0 Å². The van der Waals surface area contributed by atoms with Crippen molar-refractivity contribution in [1.82, 2.24) is 10.2 Å². The fraction of sp³-hybridized carbons (Fsp3) is 1.00. The number of hydrogen-bond acceptors (Lipinski definition) is 3. The Morgan fingerprint density at radius 1 is 1.00 bits per heavy atom. The first-order valence-corrected chi connectivity index (χ1v) is 6.20. The number of nitrogens with one attached hydrogen (secondary N) is 1. The summed E-state index contributed by atoms with van der Waals surface area (Å²) >= 11 is 0. The molecule has 0 unspecified atom stereocenters. The van der Waals surface area contributed by atoms with Gasteiger partial charge in [-0.15, -0.1) is 0 Å². The molecule has 0 radical (unpaired) electrons. The van der Waals surface area contributed by atoms with Crippen molar-refractivity contribution in [1.29, 1.82) is 0 Å². The van der Waals surface area contributed by atoms with Crippen LogP contribution in [0.4, 0.5) is 0 Å². The van der Waals surface area contributed by atoms with Crippen molar-refractivity contribution < 1.29 is 4.74 Å². The molecule has 92 valence electrons. The Kier molecular flexibility index (Phi) is 11.9. The highest BCUT2D eigenvalue weighted by Gasteiger charge is 1.91. The Labute approximate surface area is 95.2 Å². The molecule has 0 aliphatic heterocycles. The van der Waals surface area contributed by atoms with Gasteiger partial charge in [0.2, 0.25) is 0 Å². The predicted molar refractivity (Wildman–Crippen MR) is 66.4 cm³/mol. The van der Waals surface area contributed by atoms with Gasteiger partial charge in [-0.2, -0.15) is 0 Å². The van der Waals surface area contributed by atoms with E-state index < -0.39 is 0 Å². The average Bonchev–Trinajstić information content (AvgIpc) is 2.20. The number of unbranched alkanes of at least 4 members (excludes halogenated alkanes) is 2. The van der Waals surface area contributed by atoms with Crippen LogP contribution in [0.3, 0.4) is 0 Å². The molecule has 0 aromatic carbocycles. The third-order valence-electron chi connectivity index (χ3n) is 2.27. The molecule has 15 heavy (non-hydrogen) atoms. The topological polar surface area (TPSA) is 24.5 Å². The molecular formula is C12H28N2O. The van der Waals surface area contributed by atoms with E-state index in [2.05, 4.69) is 31.2 Å². The Morgan fingerprint density at radius 2 is 1.80 bits per heavy atom. The Morgan fingerprint density at radius 3 is 2.47 bits per heavy atom. The van der Waals surface area contributed by atoms with E-state index in [1.165, 1.54) is 25.7 Å². The van der Waals surface area contributed by atoms with Gasteiger partial charge in [0.25, 0.3) is 0 Å². The zero-order valence-electron chi connectivity index (χ0n) is 10.7. The average molecular weight is 216 g/mol. The van der Waals surface area contributed by atoms with Gasteiger partial charge in [-0.05, 0) is 40.0 Å². The Balaban J connectivity index is 2.87. The van der Waals surface area contributed by atoms with E-state index in [-0.39, 0.29) is 0 Å². The van der Waals surface area contributed by atoms with Crippen LogP contribution in [-0.4, -0.2) is 51.8 Å². The third kappa shape index (κ3) is 13.9. The van der Waals surface area contributed by atoms with Crippen LogP contribution in [0.2, 0.25) is 0 Å². The van der Waals surface area contributed by atoms with Crippen LogP contribution < -0.4 is 5.32 Å². The third-order valence-corrected chi connectivity index (χ3v) is 2.27. The standard InChI is InChI=1S/C12H28N2O/c1-4-5-6-11-15-12-9-13-8-7-10-14(2)3/h13H,4-12H2,1-3H3. The van der Waals surface area contributed by atoms with Crippen molar-refractivity contribution >= 4 is 0 Å². The van der Waals surface area contributed by atoms with Gasteiger partial charge >= 0.3 is 0 Å². The Hall–Kier alpha value is -0.120. The van der Waals surface area contributed by atoms with Gasteiger partial charge in [0.05, 0.1) is 6.61 Å². The molecule has 0 aromatic rings. The Bertz CT molecular complexity index is 118. The molecule has 0 heterocycles. The second-order valence-electron chi connectivity index (χ2n) is 4.23. The molecule has 0 bridgehead atoms. The number of hydrogen-bond donors (Lipinski definition) is 1. The first-order valence-electron chi connectivity index (χ1n) is 6.20. The highest BCUT2D eigenvalue weighted by molar-refractivity contribution is 4.50. The lowest BCUT2D eigenvalue weighted by Crippen LogP contribution is -2.24. The summed E-state index contributed by atoms with van der Waals surface area (Å²) in [6.45, 7) is 7.23. The molecule has 0 fully saturated rings. The van der Waals surface area contributed by atoms with Crippen LogP contribution in [0.15, 0.2) is 0 Å². The summed E-state index contributed by atoms with van der Waals surface area (Å²) in [5, 5.41) is 3.38. The molecule has 0 aromatic heterocycles. The normalized spacial score (nSPS) is 11.2. The van der Waals surface area contributed by atoms with Crippen LogP contribution in [0.1, 0.15) is 32.6 Å². The van der Waals surface area contributed by atoms with E-state index in [4.69, 9.17) is 4.74 Å².